The van der Waals surface area contributed by atoms with Crippen molar-refractivity contribution in [2.24, 2.45) is 0 Å². The highest BCUT2D eigenvalue weighted by Crippen LogP contribution is 2.19. The van der Waals surface area contributed by atoms with Crippen molar-refractivity contribution >= 4 is 17.5 Å². The molecule has 2 nitrogen and oxygen atoms in total. The molecule has 0 spiro atoms. The molecular weight excluding hydrogens is 270 g/mol. The molecule has 2 rings (SSSR count). The minimum absolute atomic E-state index is 0.0543. The van der Waals surface area contributed by atoms with Gasteiger partial charge in [-0.2, -0.15) is 0 Å². The fourth-order valence-corrected chi connectivity index (χ4v) is 2.43. The van der Waals surface area contributed by atoms with Crippen LogP contribution in [0.25, 0.3) is 0 Å². The molecule has 0 unspecified atom stereocenters. The van der Waals surface area contributed by atoms with E-state index in [-0.39, 0.29) is 11.8 Å². The number of benzene rings is 2. The standard InChI is InChI=1S/C17H18ClNO/c1-2-16(14-8-4-3-5-9-14)17(20)19-12-13-7-6-10-15(18)11-13/h3-11,16H,2,12H2,1H3,(H,19,20)/t16-/m0/s1. The molecule has 2 aromatic rings. The summed E-state index contributed by atoms with van der Waals surface area (Å²) in [6.07, 6.45) is 0.783. The van der Waals surface area contributed by atoms with E-state index in [1.165, 1.54) is 0 Å². The van der Waals surface area contributed by atoms with Crippen LogP contribution in [0.5, 0.6) is 0 Å². The number of hydrogen-bond acceptors (Lipinski definition) is 1. The molecule has 1 atom stereocenters. The zero-order chi connectivity index (χ0) is 14.4. The van der Waals surface area contributed by atoms with Crippen LogP contribution in [0.1, 0.15) is 30.4 Å². The molecule has 0 bridgehead atoms. The number of carbonyl (C=O) groups is 1. The molecular formula is C17H18ClNO. The SMILES string of the molecule is CC[C@H](C(=O)NCc1cccc(Cl)c1)c1ccccc1. The van der Waals surface area contributed by atoms with Crippen LogP contribution in [0.4, 0.5) is 0 Å². The molecule has 2 aromatic carbocycles. The molecule has 0 aliphatic heterocycles. The summed E-state index contributed by atoms with van der Waals surface area (Å²) in [6, 6.07) is 17.4. The van der Waals surface area contributed by atoms with E-state index in [2.05, 4.69) is 5.32 Å². The average molecular weight is 288 g/mol. The van der Waals surface area contributed by atoms with E-state index >= 15 is 0 Å². The highest BCUT2D eigenvalue weighted by atomic mass is 35.5. The van der Waals surface area contributed by atoms with E-state index in [0.29, 0.717) is 11.6 Å². The van der Waals surface area contributed by atoms with Gasteiger partial charge in [0.1, 0.15) is 0 Å². The Bertz CT molecular complexity index is 568. The van der Waals surface area contributed by atoms with E-state index in [1.807, 2.05) is 61.5 Å². The molecule has 0 aliphatic rings. The maximum absolute atomic E-state index is 12.3. The summed E-state index contributed by atoms with van der Waals surface area (Å²) in [5.41, 5.74) is 2.06. The third-order valence-corrected chi connectivity index (χ3v) is 3.52. The topological polar surface area (TPSA) is 29.1 Å². The van der Waals surface area contributed by atoms with Crippen molar-refractivity contribution in [1.29, 1.82) is 0 Å². The van der Waals surface area contributed by atoms with Crippen molar-refractivity contribution in [3.05, 3.63) is 70.7 Å². The van der Waals surface area contributed by atoms with Gasteiger partial charge >= 0.3 is 0 Å². The van der Waals surface area contributed by atoms with Crippen molar-refractivity contribution in [3.63, 3.8) is 0 Å². The average Bonchev–Trinajstić information content (AvgIpc) is 2.47. The zero-order valence-electron chi connectivity index (χ0n) is 11.5. The summed E-state index contributed by atoms with van der Waals surface area (Å²) in [7, 11) is 0. The van der Waals surface area contributed by atoms with Crippen molar-refractivity contribution in [2.45, 2.75) is 25.8 Å². The lowest BCUT2D eigenvalue weighted by molar-refractivity contribution is -0.122. The normalized spacial score (nSPS) is 11.9. The number of halogens is 1. The van der Waals surface area contributed by atoms with E-state index < -0.39 is 0 Å². The minimum atomic E-state index is -0.101. The predicted molar refractivity (Wildman–Crippen MR) is 82.8 cm³/mol. The smallest absolute Gasteiger partial charge is 0.227 e. The van der Waals surface area contributed by atoms with E-state index in [9.17, 15) is 4.79 Å². The number of hydrogen-bond donors (Lipinski definition) is 1. The molecule has 0 radical (unpaired) electrons. The summed E-state index contributed by atoms with van der Waals surface area (Å²) >= 11 is 5.93. The lowest BCUT2D eigenvalue weighted by Gasteiger charge is -2.15. The first kappa shape index (κ1) is 14.6. The largest absolute Gasteiger partial charge is 0.351 e. The maximum atomic E-state index is 12.3. The van der Waals surface area contributed by atoms with Crippen molar-refractivity contribution in [1.82, 2.24) is 5.32 Å². The number of nitrogens with one attached hydrogen (secondary N) is 1. The third kappa shape index (κ3) is 3.84. The molecule has 0 heterocycles. The molecule has 20 heavy (non-hydrogen) atoms. The molecule has 104 valence electrons. The number of amides is 1. The summed E-state index contributed by atoms with van der Waals surface area (Å²) in [4.78, 5) is 12.3. The van der Waals surface area contributed by atoms with Gasteiger partial charge in [0.05, 0.1) is 5.92 Å². The van der Waals surface area contributed by atoms with Crippen LogP contribution in [0.15, 0.2) is 54.6 Å². The molecule has 0 saturated heterocycles. The van der Waals surface area contributed by atoms with Gasteiger partial charge in [-0.15, -0.1) is 0 Å². The Hall–Kier alpha value is -1.80. The van der Waals surface area contributed by atoms with Gasteiger partial charge in [-0.1, -0.05) is 61.0 Å². The van der Waals surface area contributed by atoms with E-state index in [0.717, 1.165) is 17.5 Å². The summed E-state index contributed by atoms with van der Waals surface area (Å²) < 4.78 is 0. The fraction of sp³-hybridized carbons (Fsp3) is 0.235. The first-order valence-corrected chi connectivity index (χ1v) is 7.15. The highest BCUT2D eigenvalue weighted by molar-refractivity contribution is 6.30. The predicted octanol–water partition coefficient (Wildman–Crippen LogP) is 4.15. The lowest BCUT2D eigenvalue weighted by Crippen LogP contribution is -2.28. The van der Waals surface area contributed by atoms with Gasteiger partial charge in [-0.25, -0.2) is 0 Å². The molecule has 1 N–H and O–H groups in total. The van der Waals surface area contributed by atoms with Crippen molar-refractivity contribution < 1.29 is 4.79 Å². The van der Waals surface area contributed by atoms with Gasteiger partial charge in [0.25, 0.3) is 0 Å². The summed E-state index contributed by atoms with van der Waals surface area (Å²) in [6.45, 7) is 2.53. The Morgan fingerprint density at radius 2 is 1.90 bits per heavy atom. The van der Waals surface area contributed by atoms with Crippen LogP contribution in [-0.2, 0) is 11.3 Å². The van der Waals surface area contributed by atoms with Gasteiger partial charge < -0.3 is 5.32 Å². The van der Waals surface area contributed by atoms with Gasteiger partial charge in [0.15, 0.2) is 0 Å². The van der Waals surface area contributed by atoms with Crippen LogP contribution < -0.4 is 5.32 Å². The minimum Gasteiger partial charge on any atom is -0.351 e. The number of carbonyl (C=O) groups excluding carboxylic acids is 1. The Balaban J connectivity index is 2.00. The number of rotatable bonds is 5. The second kappa shape index (κ2) is 7.11. The molecule has 0 saturated carbocycles. The Kier molecular flexibility index (Phi) is 5.19. The maximum Gasteiger partial charge on any atom is 0.227 e. The van der Waals surface area contributed by atoms with Crippen molar-refractivity contribution in [2.75, 3.05) is 0 Å². The fourth-order valence-electron chi connectivity index (χ4n) is 2.22. The first-order valence-electron chi connectivity index (χ1n) is 6.77. The Morgan fingerprint density at radius 1 is 1.15 bits per heavy atom. The van der Waals surface area contributed by atoms with Crippen LogP contribution >= 0.6 is 11.6 Å². The van der Waals surface area contributed by atoms with Crippen LogP contribution in [0, 0.1) is 0 Å². The van der Waals surface area contributed by atoms with Gasteiger partial charge in [0.2, 0.25) is 5.91 Å². The Labute approximate surface area is 124 Å². The van der Waals surface area contributed by atoms with Gasteiger partial charge in [0, 0.05) is 11.6 Å². The lowest BCUT2D eigenvalue weighted by atomic mass is 9.95. The molecule has 0 fully saturated rings. The van der Waals surface area contributed by atoms with Crippen LogP contribution in [0.3, 0.4) is 0 Å². The zero-order valence-corrected chi connectivity index (χ0v) is 12.2. The third-order valence-electron chi connectivity index (χ3n) is 3.28. The summed E-state index contributed by atoms with van der Waals surface area (Å²) in [5.74, 6) is -0.0472. The quantitative estimate of drug-likeness (QED) is 0.879. The Morgan fingerprint density at radius 3 is 2.55 bits per heavy atom. The molecule has 1 amide bonds. The van der Waals surface area contributed by atoms with Gasteiger partial charge in [-0.05, 0) is 29.7 Å². The molecule has 0 aromatic heterocycles. The second-order valence-electron chi connectivity index (χ2n) is 4.72. The van der Waals surface area contributed by atoms with Crippen LogP contribution in [0.2, 0.25) is 5.02 Å². The monoisotopic (exact) mass is 287 g/mol. The second-order valence-corrected chi connectivity index (χ2v) is 5.16. The first-order chi connectivity index (χ1) is 9.70. The highest BCUT2D eigenvalue weighted by Gasteiger charge is 2.17. The summed E-state index contributed by atoms with van der Waals surface area (Å²) in [5, 5.41) is 3.66. The van der Waals surface area contributed by atoms with Gasteiger partial charge in [-0.3, -0.25) is 4.79 Å². The van der Waals surface area contributed by atoms with E-state index in [1.54, 1.807) is 0 Å². The molecule has 3 heteroatoms. The van der Waals surface area contributed by atoms with Crippen LogP contribution in [-0.4, -0.2) is 5.91 Å². The molecule has 0 aliphatic carbocycles. The van der Waals surface area contributed by atoms with E-state index in [4.69, 9.17) is 11.6 Å². The van der Waals surface area contributed by atoms with Crippen molar-refractivity contribution in [3.8, 4) is 0 Å².